The lowest BCUT2D eigenvalue weighted by Crippen LogP contribution is -2.18. The lowest BCUT2D eigenvalue weighted by molar-refractivity contribution is 0.102. The van der Waals surface area contributed by atoms with Crippen LogP contribution >= 0.6 is 15.9 Å². The number of carbonyl (C=O) groups excluding carboxylic acids is 1. The summed E-state index contributed by atoms with van der Waals surface area (Å²) in [6, 6.07) is 5.61. The van der Waals surface area contributed by atoms with Gasteiger partial charge in [0.2, 0.25) is 0 Å². The van der Waals surface area contributed by atoms with Gasteiger partial charge in [0.25, 0.3) is 5.91 Å². The first-order valence-electron chi connectivity index (χ1n) is 6.59. The number of nitrogen functional groups attached to an aromatic ring is 1. The van der Waals surface area contributed by atoms with Crippen molar-refractivity contribution in [2.24, 2.45) is 0 Å². The van der Waals surface area contributed by atoms with Crippen molar-refractivity contribution in [2.75, 3.05) is 11.1 Å². The Morgan fingerprint density at radius 3 is 2.76 bits per heavy atom. The third-order valence-corrected chi connectivity index (χ3v) is 3.94. The Hall–Kier alpha value is -1.95. The highest BCUT2D eigenvalue weighted by molar-refractivity contribution is 9.10. The molecule has 0 aliphatic carbocycles. The van der Waals surface area contributed by atoms with Crippen LogP contribution in [0, 0.1) is 6.92 Å². The summed E-state index contributed by atoms with van der Waals surface area (Å²) in [6.45, 7) is 5.85. The third-order valence-electron chi connectivity index (χ3n) is 3.08. The van der Waals surface area contributed by atoms with Crippen molar-refractivity contribution in [1.82, 2.24) is 9.97 Å². The Kier molecular flexibility index (Phi) is 4.57. The number of aromatic nitrogens is 2. The number of nitrogens with zero attached hydrogens (tertiary/aromatic N) is 2. The van der Waals surface area contributed by atoms with E-state index in [9.17, 15) is 4.79 Å². The highest BCUT2D eigenvalue weighted by atomic mass is 79.9. The van der Waals surface area contributed by atoms with E-state index in [4.69, 9.17) is 5.73 Å². The molecule has 0 aliphatic heterocycles. The fourth-order valence-corrected chi connectivity index (χ4v) is 2.16. The van der Waals surface area contributed by atoms with E-state index in [1.54, 1.807) is 0 Å². The third kappa shape index (κ3) is 3.39. The smallest absolute Gasteiger partial charge is 0.276 e. The maximum absolute atomic E-state index is 12.4. The molecule has 5 nitrogen and oxygen atoms in total. The van der Waals surface area contributed by atoms with Crippen molar-refractivity contribution >= 4 is 33.2 Å². The minimum Gasteiger partial charge on any atom is -0.396 e. The molecule has 0 saturated heterocycles. The van der Waals surface area contributed by atoms with Crippen LogP contribution in [0.15, 0.2) is 28.9 Å². The number of nitrogens with two attached hydrogens (primary N) is 1. The van der Waals surface area contributed by atoms with E-state index in [-0.39, 0.29) is 23.2 Å². The second-order valence-electron chi connectivity index (χ2n) is 5.05. The molecule has 21 heavy (non-hydrogen) atoms. The van der Waals surface area contributed by atoms with Gasteiger partial charge in [0.15, 0.2) is 5.69 Å². The SMILES string of the molecule is Cc1c(Br)cccc1NC(=O)c1nc(C(C)C)ncc1N. The quantitative estimate of drug-likeness (QED) is 0.889. The summed E-state index contributed by atoms with van der Waals surface area (Å²) >= 11 is 3.44. The molecule has 1 aromatic heterocycles. The van der Waals surface area contributed by atoms with Crippen LogP contribution in [0.2, 0.25) is 0 Å². The van der Waals surface area contributed by atoms with E-state index in [1.807, 2.05) is 39.0 Å². The van der Waals surface area contributed by atoms with Gasteiger partial charge in [0, 0.05) is 16.1 Å². The molecule has 110 valence electrons. The van der Waals surface area contributed by atoms with Gasteiger partial charge in [0.05, 0.1) is 11.9 Å². The maximum Gasteiger partial charge on any atom is 0.276 e. The zero-order valence-electron chi connectivity index (χ0n) is 12.1. The summed E-state index contributed by atoms with van der Waals surface area (Å²) in [5, 5.41) is 2.84. The maximum atomic E-state index is 12.4. The number of amides is 1. The Labute approximate surface area is 132 Å². The molecule has 0 atom stereocenters. The fourth-order valence-electron chi connectivity index (χ4n) is 1.79. The minimum atomic E-state index is -0.335. The van der Waals surface area contributed by atoms with Gasteiger partial charge in [-0.3, -0.25) is 4.79 Å². The molecule has 0 saturated carbocycles. The zero-order chi connectivity index (χ0) is 15.6. The molecule has 0 radical (unpaired) electrons. The van der Waals surface area contributed by atoms with E-state index in [0.717, 1.165) is 15.7 Å². The molecular formula is C15H17BrN4O. The summed E-state index contributed by atoms with van der Waals surface area (Å²) in [5.74, 6) is 0.392. The Morgan fingerprint density at radius 1 is 1.38 bits per heavy atom. The minimum absolute atomic E-state index is 0.129. The fraction of sp³-hybridized carbons (Fsp3) is 0.267. The summed E-state index contributed by atoms with van der Waals surface area (Å²) < 4.78 is 0.929. The van der Waals surface area contributed by atoms with E-state index < -0.39 is 0 Å². The molecule has 6 heteroatoms. The van der Waals surface area contributed by atoms with Crippen molar-refractivity contribution in [3.8, 4) is 0 Å². The molecule has 0 spiro atoms. The molecule has 0 unspecified atom stereocenters. The Bertz CT molecular complexity index is 685. The normalized spacial score (nSPS) is 10.7. The van der Waals surface area contributed by atoms with Crippen LogP contribution in [0.1, 0.15) is 41.6 Å². The number of nitrogens with one attached hydrogen (secondary N) is 1. The molecule has 0 bridgehead atoms. The van der Waals surface area contributed by atoms with Gasteiger partial charge in [-0.1, -0.05) is 35.8 Å². The largest absolute Gasteiger partial charge is 0.396 e. The number of benzene rings is 1. The van der Waals surface area contributed by atoms with Gasteiger partial charge in [-0.15, -0.1) is 0 Å². The first kappa shape index (κ1) is 15.4. The molecule has 2 rings (SSSR count). The van der Waals surface area contributed by atoms with Crippen LogP contribution < -0.4 is 11.1 Å². The predicted octanol–water partition coefficient (Wildman–Crippen LogP) is 3.51. The van der Waals surface area contributed by atoms with Gasteiger partial charge in [-0.25, -0.2) is 9.97 Å². The van der Waals surface area contributed by atoms with Crippen molar-refractivity contribution < 1.29 is 4.79 Å². The molecule has 1 aromatic carbocycles. The molecule has 3 N–H and O–H groups in total. The van der Waals surface area contributed by atoms with E-state index in [1.165, 1.54) is 6.20 Å². The van der Waals surface area contributed by atoms with Crippen molar-refractivity contribution in [1.29, 1.82) is 0 Å². The second kappa shape index (κ2) is 6.22. The van der Waals surface area contributed by atoms with Crippen molar-refractivity contribution in [3.63, 3.8) is 0 Å². The standard InChI is InChI=1S/C15H17BrN4O/c1-8(2)14-18-7-11(17)13(20-14)15(21)19-12-6-4-5-10(16)9(12)3/h4-8H,17H2,1-3H3,(H,19,21). The van der Waals surface area contributed by atoms with Gasteiger partial charge in [0.1, 0.15) is 5.82 Å². The van der Waals surface area contributed by atoms with E-state index >= 15 is 0 Å². The van der Waals surface area contributed by atoms with Crippen LogP contribution in [-0.4, -0.2) is 15.9 Å². The number of carbonyl (C=O) groups is 1. The van der Waals surface area contributed by atoms with Crippen molar-refractivity contribution in [3.05, 3.63) is 46.0 Å². The Balaban J connectivity index is 2.32. The van der Waals surface area contributed by atoms with Crippen LogP contribution in [0.4, 0.5) is 11.4 Å². The van der Waals surface area contributed by atoms with E-state index in [2.05, 4.69) is 31.2 Å². The average molecular weight is 349 g/mol. The number of halogens is 1. The molecule has 2 aromatic rings. The summed E-state index contributed by atoms with van der Waals surface area (Å²) in [7, 11) is 0. The van der Waals surface area contributed by atoms with Crippen LogP contribution in [0.25, 0.3) is 0 Å². The van der Waals surface area contributed by atoms with E-state index in [0.29, 0.717) is 5.82 Å². The molecule has 1 heterocycles. The van der Waals surface area contributed by atoms with Crippen LogP contribution in [-0.2, 0) is 0 Å². The highest BCUT2D eigenvalue weighted by Crippen LogP contribution is 2.24. The lowest BCUT2D eigenvalue weighted by atomic mass is 10.2. The van der Waals surface area contributed by atoms with Gasteiger partial charge in [-0.2, -0.15) is 0 Å². The van der Waals surface area contributed by atoms with Crippen molar-refractivity contribution in [2.45, 2.75) is 26.7 Å². The Morgan fingerprint density at radius 2 is 2.10 bits per heavy atom. The van der Waals surface area contributed by atoms with Gasteiger partial charge >= 0.3 is 0 Å². The highest BCUT2D eigenvalue weighted by Gasteiger charge is 2.16. The summed E-state index contributed by atoms with van der Waals surface area (Å²) in [4.78, 5) is 20.8. The first-order chi connectivity index (χ1) is 9.90. The number of rotatable bonds is 3. The van der Waals surface area contributed by atoms with Gasteiger partial charge < -0.3 is 11.1 Å². The molecular weight excluding hydrogens is 332 g/mol. The number of hydrogen-bond donors (Lipinski definition) is 2. The van der Waals surface area contributed by atoms with Crippen LogP contribution in [0.5, 0.6) is 0 Å². The molecule has 1 amide bonds. The topological polar surface area (TPSA) is 80.9 Å². The zero-order valence-corrected chi connectivity index (χ0v) is 13.7. The molecule has 0 aliphatic rings. The van der Waals surface area contributed by atoms with Gasteiger partial charge in [-0.05, 0) is 24.6 Å². The second-order valence-corrected chi connectivity index (χ2v) is 5.91. The first-order valence-corrected chi connectivity index (χ1v) is 7.38. The summed E-state index contributed by atoms with van der Waals surface area (Å²) in [5.41, 5.74) is 7.95. The lowest BCUT2D eigenvalue weighted by Gasteiger charge is -2.11. The summed E-state index contributed by atoms with van der Waals surface area (Å²) in [6.07, 6.45) is 1.48. The van der Waals surface area contributed by atoms with Crippen LogP contribution in [0.3, 0.4) is 0 Å². The predicted molar refractivity (Wildman–Crippen MR) is 87.4 cm³/mol. The molecule has 0 fully saturated rings. The number of hydrogen-bond acceptors (Lipinski definition) is 4. The average Bonchev–Trinajstić information content (AvgIpc) is 2.44. The number of anilines is 2. The monoisotopic (exact) mass is 348 g/mol.